The van der Waals surface area contributed by atoms with Crippen LogP contribution in [-0.2, 0) is 0 Å². The van der Waals surface area contributed by atoms with Gasteiger partial charge in [-0.05, 0) is 53.0 Å². The van der Waals surface area contributed by atoms with Gasteiger partial charge in [-0.15, -0.1) is 0 Å². The zero-order chi connectivity index (χ0) is 19.3. The summed E-state index contributed by atoms with van der Waals surface area (Å²) in [4.78, 5) is 0. The Morgan fingerprint density at radius 3 is 1.82 bits per heavy atom. The summed E-state index contributed by atoms with van der Waals surface area (Å²) < 4.78 is 0. The molecule has 0 saturated heterocycles. The van der Waals surface area contributed by atoms with E-state index in [-0.39, 0.29) is 0 Å². The normalized spacial score (nSPS) is 10.5. The van der Waals surface area contributed by atoms with Crippen LogP contribution in [0.25, 0.3) is 22.8 Å². The van der Waals surface area contributed by atoms with E-state index in [1.807, 2.05) is 24.3 Å². The fraction of sp³-hybridized carbons (Fsp3) is 0.0370. The standard InChI is InChI=1S/C27H23N/c1-20-12-17-27(28)26(18-20)24-15-13-21(14-16-24)19-25(22-8-4-2-5-9-22)23-10-6-3-7-11-23/h2-19H,28H2,1H3. The average Bonchev–Trinajstić information content (AvgIpc) is 2.75. The van der Waals surface area contributed by atoms with Gasteiger partial charge in [0.2, 0.25) is 0 Å². The van der Waals surface area contributed by atoms with Gasteiger partial charge in [-0.1, -0.05) is 96.6 Å². The molecule has 0 unspecified atom stereocenters. The number of nitrogen functional groups attached to an aromatic ring is 1. The molecule has 0 heterocycles. The highest BCUT2D eigenvalue weighted by Crippen LogP contribution is 2.29. The van der Waals surface area contributed by atoms with Gasteiger partial charge in [-0.25, -0.2) is 0 Å². The van der Waals surface area contributed by atoms with E-state index in [1.165, 1.54) is 22.3 Å². The van der Waals surface area contributed by atoms with Crippen molar-refractivity contribution in [2.75, 3.05) is 5.73 Å². The van der Waals surface area contributed by atoms with Crippen molar-refractivity contribution in [3.63, 3.8) is 0 Å². The Morgan fingerprint density at radius 1 is 0.679 bits per heavy atom. The van der Waals surface area contributed by atoms with Crippen molar-refractivity contribution >= 4 is 17.3 Å². The minimum absolute atomic E-state index is 0.808. The zero-order valence-electron chi connectivity index (χ0n) is 16.0. The van der Waals surface area contributed by atoms with Crippen LogP contribution in [0.3, 0.4) is 0 Å². The molecule has 0 amide bonds. The van der Waals surface area contributed by atoms with Crippen molar-refractivity contribution in [1.29, 1.82) is 0 Å². The molecule has 2 N–H and O–H groups in total. The van der Waals surface area contributed by atoms with Gasteiger partial charge in [0, 0.05) is 11.3 Å². The van der Waals surface area contributed by atoms with E-state index in [9.17, 15) is 0 Å². The van der Waals surface area contributed by atoms with E-state index >= 15 is 0 Å². The molecule has 4 aromatic carbocycles. The molecule has 0 radical (unpaired) electrons. The molecule has 1 heteroatoms. The molecular weight excluding hydrogens is 338 g/mol. The highest BCUT2D eigenvalue weighted by Gasteiger charge is 2.06. The minimum atomic E-state index is 0.808. The van der Waals surface area contributed by atoms with Crippen molar-refractivity contribution in [2.24, 2.45) is 0 Å². The summed E-state index contributed by atoms with van der Waals surface area (Å²) in [6, 6.07) is 35.8. The van der Waals surface area contributed by atoms with Crippen LogP contribution in [-0.4, -0.2) is 0 Å². The Bertz CT molecular complexity index is 1050. The van der Waals surface area contributed by atoms with Gasteiger partial charge in [0.25, 0.3) is 0 Å². The summed E-state index contributed by atoms with van der Waals surface area (Å²) in [7, 11) is 0. The van der Waals surface area contributed by atoms with E-state index in [1.54, 1.807) is 0 Å². The molecule has 0 atom stereocenters. The molecule has 4 rings (SSSR count). The highest BCUT2D eigenvalue weighted by molar-refractivity contribution is 5.91. The predicted molar refractivity (Wildman–Crippen MR) is 121 cm³/mol. The molecule has 0 aliphatic carbocycles. The molecule has 0 saturated carbocycles. The van der Waals surface area contributed by atoms with E-state index < -0.39 is 0 Å². The van der Waals surface area contributed by atoms with Crippen molar-refractivity contribution in [2.45, 2.75) is 6.92 Å². The third kappa shape index (κ3) is 3.89. The lowest BCUT2D eigenvalue weighted by molar-refractivity contribution is 1.46. The lowest BCUT2D eigenvalue weighted by Gasteiger charge is -2.10. The van der Waals surface area contributed by atoms with Gasteiger partial charge in [0.15, 0.2) is 0 Å². The molecule has 0 aliphatic rings. The summed E-state index contributed by atoms with van der Waals surface area (Å²) in [6.45, 7) is 2.09. The topological polar surface area (TPSA) is 26.0 Å². The molecule has 1 nitrogen and oxygen atoms in total. The fourth-order valence-corrected chi connectivity index (χ4v) is 3.41. The quantitative estimate of drug-likeness (QED) is 0.313. The zero-order valence-corrected chi connectivity index (χ0v) is 16.0. The molecule has 0 bridgehead atoms. The maximum atomic E-state index is 6.18. The average molecular weight is 361 g/mol. The molecular formula is C27H23N. The van der Waals surface area contributed by atoms with Crippen molar-refractivity contribution in [1.82, 2.24) is 0 Å². The second kappa shape index (κ2) is 7.98. The van der Waals surface area contributed by atoms with Crippen LogP contribution in [0.1, 0.15) is 22.3 Å². The Labute approximate surface area is 166 Å². The maximum Gasteiger partial charge on any atom is 0.0393 e. The van der Waals surface area contributed by atoms with Crippen molar-refractivity contribution in [3.05, 3.63) is 125 Å². The predicted octanol–water partition coefficient (Wildman–Crippen LogP) is 6.83. The van der Waals surface area contributed by atoms with Gasteiger partial charge < -0.3 is 5.73 Å². The van der Waals surface area contributed by atoms with Gasteiger partial charge in [-0.3, -0.25) is 0 Å². The van der Waals surface area contributed by atoms with E-state index in [4.69, 9.17) is 5.73 Å². The maximum absolute atomic E-state index is 6.18. The van der Waals surface area contributed by atoms with Crippen LogP contribution in [0, 0.1) is 6.92 Å². The Hall–Kier alpha value is -3.58. The Kier molecular flexibility index (Phi) is 5.07. The van der Waals surface area contributed by atoms with Crippen LogP contribution in [0.5, 0.6) is 0 Å². The minimum Gasteiger partial charge on any atom is -0.398 e. The van der Waals surface area contributed by atoms with Gasteiger partial charge >= 0.3 is 0 Å². The lowest BCUT2D eigenvalue weighted by Crippen LogP contribution is -1.91. The first-order valence-electron chi connectivity index (χ1n) is 9.50. The highest BCUT2D eigenvalue weighted by atomic mass is 14.6. The molecule has 4 aromatic rings. The first-order chi connectivity index (χ1) is 13.7. The van der Waals surface area contributed by atoms with E-state index in [0.29, 0.717) is 0 Å². The monoisotopic (exact) mass is 361 g/mol. The molecule has 0 fully saturated rings. The molecule has 0 spiro atoms. The van der Waals surface area contributed by atoms with Crippen molar-refractivity contribution in [3.8, 4) is 11.1 Å². The number of rotatable bonds is 4. The molecule has 0 aromatic heterocycles. The second-order valence-electron chi connectivity index (χ2n) is 7.00. The number of benzene rings is 4. The van der Waals surface area contributed by atoms with Gasteiger partial charge in [-0.2, -0.15) is 0 Å². The number of nitrogens with two attached hydrogens (primary N) is 1. The first kappa shape index (κ1) is 17.8. The second-order valence-corrected chi connectivity index (χ2v) is 7.00. The van der Waals surface area contributed by atoms with Crippen LogP contribution >= 0.6 is 0 Å². The van der Waals surface area contributed by atoms with E-state index in [0.717, 1.165) is 22.4 Å². The fourth-order valence-electron chi connectivity index (χ4n) is 3.41. The number of hydrogen-bond donors (Lipinski definition) is 1. The van der Waals surface area contributed by atoms with Crippen LogP contribution in [0.15, 0.2) is 103 Å². The number of aryl methyl sites for hydroxylation is 1. The number of anilines is 1. The third-order valence-corrected chi connectivity index (χ3v) is 4.91. The summed E-state index contributed by atoms with van der Waals surface area (Å²) in [5, 5.41) is 0. The largest absolute Gasteiger partial charge is 0.398 e. The Morgan fingerprint density at radius 2 is 1.25 bits per heavy atom. The van der Waals surface area contributed by atoms with Crippen molar-refractivity contribution < 1.29 is 0 Å². The molecule has 0 aliphatic heterocycles. The summed E-state index contributed by atoms with van der Waals surface area (Å²) >= 11 is 0. The molecule has 28 heavy (non-hydrogen) atoms. The summed E-state index contributed by atoms with van der Waals surface area (Å²) in [6.07, 6.45) is 2.24. The van der Waals surface area contributed by atoms with Gasteiger partial charge in [0.1, 0.15) is 0 Å². The van der Waals surface area contributed by atoms with Crippen LogP contribution < -0.4 is 5.73 Å². The Balaban J connectivity index is 1.74. The smallest absolute Gasteiger partial charge is 0.0393 e. The molecule has 136 valence electrons. The lowest BCUT2D eigenvalue weighted by atomic mass is 9.95. The van der Waals surface area contributed by atoms with Crippen LogP contribution in [0.4, 0.5) is 5.69 Å². The summed E-state index contributed by atoms with van der Waals surface area (Å²) in [5.74, 6) is 0. The van der Waals surface area contributed by atoms with Gasteiger partial charge in [0.05, 0.1) is 0 Å². The SMILES string of the molecule is Cc1ccc(N)c(-c2ccc(C=C(c3ccccc3)c3ccccc3)cc2)c1. The third-order valence-electron chi connectivity index (χ3n) is 4.91. The number of hydrogen-bond acceptors (Lipinski definition) is 1. The van der Waals surface area contributed by atoms with E-state index in [2.05, 4.69) is 91.9 Å². The summed E-state index contributed by atoms with van der Waals surface area (Å²) in [5.41, 5.74) is 15.2. The first-order valence-corrected chi connectivity index (χ1v) is 9.50. The van der Waals surface area contributed by atoms with Crippen LogP contribution in [0.2, 0.25) is 0 Å².